The summed E-state index contributed by atoms with van der Waals surface area (Å²) >= 11 is 0. The van der Waals surface area contributed by atoms with Crippen LogP contribution >= 0.6 is 0 Å². The van der Waals surface area contributed by atoms with E-state index in [2.05, 4.69) is 15.8 Å². The number of benzene rings is 2. The average molecular weight is 491 g/mol. The van der Waals surface area contributed by atoms with Gasteiger partial charge in [-0.05, 0) is 74.9 Å². The third kappa shape index (κ3) is 9.10. The van der Waals surface area contributed by atoms with E-state index in [1.54, 1.807) is 48.5 Å². The summed E-state index contributed by atoms with van der Waals surface area (Å²) in [5, 5.41) is 6.61. The molecule has 0 fully saturated rings. The van der Waals surface area contributed by atoms with E-state index in [0.717, 1.165) is 10.6 Å². The first-order valence-corrected chi connectivity index (χ1v) is 12.5. The molecule has 0 bridgehead atoms. The lowest BCUT2D eigenvalue weighted by atomic mass is 10.2. The molecule has 0 atom stereocenters. The number of carbonyl (C=O) groups is 2. The predicted molar refractivity (Wildman–Crippen MR) is 131 cm³/mol. The molecule has 2 aromatic carbocycles. The van der Waals surface area contributed by atoms with Gasteiger partial charge < -0.3 is 14.8 Å². The van der Waals surface area contributed by atoms with Crippen LogP contribution in [0.4, 0.5) is 5.69 Å². The van der Waals surface area contributed by atoms with Gasteiger partial charge in [0, 0.05) is 6.04 Å². The minimum Gasteiger partial charge on any atom is -0.494 e. The molecule has 184 valence electrons. The van der Waals surface area contributed by atoms with E-state index >= 15 is 0 Å². The highest BCUT2D eigenvalue weighted by Gasteiger charge is 2.20. The molecule has 0 saturated carbocycles. The maximum atomic E-state index is 12.3. The van der Waals surface area contributed by atoms with Crippen LogP contribution in [-0.2, 0) is 19.6 Å². The molecule has 0 heterocycles. The van der Waals surface area contributed by atoms with E-state index in [4.69, 9.17) is 9.47 Å². The molecule has 0 saturated heterocycles. The van der Waals surface area contributed by atoms with E-state index in [1.165, 1.54) is 6.21 Å². The molecule has 2 rings (SSSR count). The second kappa shape index (κ2) is 12.6. The number of nitrogens with one attached hydrogen (secondary N) is 2. The van der Waals surface area contributed by atoms with Crippen molar-refractivity contribution in [2.45, 2.75) is 26.8 Å². The highest BCUT2D eigenvalue weighted by atomic mass is 32.2. The summed E-state index contributed by atoms with van der Waals surface area (Å²) in [7, 11) is -3.70. The Kier molecular flexibility index (Phi) is 9.87. The van der Waals surface area contributed by atoms with Crippen molar-refractivity contribution in [3.63, 3.8) is 0 Å². The summed E-state index contributed by atoms with van der Waals surface area (Å²) < 4.78 is 36.1. The molecule has 0 aliphatic rings. The van der Waals surface area contributed by atoms with Crippen molar-refractivity contribution in [2.24, 2.45) is 5.10 Å². The van der Waals surface area contributed by atoms with Gasteiger partial charge in [0.05, 0.1) is 24.8 Å². The van der Waals surface area contributed by atoms with Crippen molar-refractivity contribution < 1.29 is 27.5 Å². The topological polar surface area (TPSA) is 126 Å². The maximum absolute atomic E-state index is 12.3. The predicted octanol–water partition coefficient (Wildman–Crippen LogP) is 1.90. The Morgan fingerprint density at radius 3 is 2.15 bits per heavy atom. The van der Waals surface area contributed by atoms with Crippen LogP contribution in [0.5, 0.6) is 11.5 Å². The largest absolute Gasteiger partial charge is 0.494 e. The van der Waals surface area contributed by atoms with Gasteiger partial charge in [-0.25, -0.2) is 13.8 Å². The van der Waals surface area contributed by atoms with Gasteiger partial charge in [-0.15, -0.1) is 0 Å². The van der Waals surface area contributed by atoms with Crippen LogP contribution in [0.25, 0.3) is 0 Å². The Morgan fingerprint density at radius 1 is 1.00 bits per heavy atom. The van der Waals surface area contributed by atoms with Gasteiger partial charge >= 0.3 is 0 Å². The molecule has 0 aliphatic heterocycles. The maximum Gasteiger partial charge on any atom is 0.260 e. The van der Waals surface area contributed by atoms with Crippen LogP contribution in [0.2, 0.25) is 0 Å². The Bertz CT molecular complexity index is 1080. The van der Waals surface area contributed by atoms with Gasteiger partial charge in [0.1, 0.15) is 18.0 Å². The number of amides is 2. The zero-order valence-electron chi connectivity index (χ0n) is 19.6. The quantitative estimate of drug-likeness (QED) is 0.346. The minimum absolute atomic E-state index is 0.0374. The molecule has 0 aromatic heterocycles. The zero-order chi connectivity index (χ0) is 25.1. The minimum atomic E-state index is -3.70. The Balaban J connectivity index is 1.92. The fourth-order valence-electron chi connectivity index (χ4n) is 2.78. The summed E-state index contributed by atoms with van der Waals surface area (Å²) in [6, 6.07) is 13.2. The Morgan fingerprint density at radius 2 is 1.59 bits per heavy atom. The van der Waals surface area contributed by atoms with Gasteiger partial charge in [-0.2, -0.15) is 5.10 Å². The van der Waals surface area contributed by atoms with Crippen molar-refractivity contribution in [3.8, 4) is 11.5 Å². The molecular weight excluding hydrogens is 460 g/mol. The number of ether oxygens (including phenoxy) is 2. The number of hydrogen-bond acceptors (Lipinski definition) is 7. The van der Waals surface area contributed by atoms with Gasteiger partial charge in [-0.3, -0.25) is 13.9 Å². The van der Waals surface area contributed by atoms with E-state index < -0.39 is 22.5 Å². The van der Waals surface area contributed by atoms with Crippen LogP contribution in [0.1, 0.15) is 26.3 Å². The van der Waals surface area contributed by atoms with Crippen molar-refractivity contribution >= 4 is 33.7 Å². The van der Waals surface area contributed by atoms with Gasteiger partial charge in [0.15, 0.2) is 6.61 Å². The summed E-state index contributed by atoms with van der Waals surface area (Å²) in [6.45, 7) is 5.54. The molecule has 2 N–H and O–H groups in total. The summed E-state index contributed by atoms with van der Waals surface area (Å²) in [5.74, 6) is 0.298. The monoisotopic (exact) mass is 490 g/mol. The van der Waals surface area contributed by atoms with Gasteiger partial charge in [0.2, 0.25) is 10.0 Å². The molecule has 2 aromatic rings. The van der Waals surface area contributed by atoms with Crippen molar-refractivity contribution in [1.82, 2.24) is 10.7 Å². The number of rotatable bonds is 12. The first-order chi connectivity index (χ1) is 16.1. The standard InChI is InChI=1S/C23H30N4O6S/c1-5-32-20-12-8-19(9-13-20)27(34(4,30)31)15-22(28)26-24-14-18-6-10-21(11-7-18)33-16-23(29)25-17(2)3/h6-14,17H,5,15-16H2,1-4H3,(H,25,29)(H,26,28)/b24-14-. The van der Waals surface area contributed by atoms with Crippen molar-refractivity contribution in [1.29, 1.82) is 0 Å². The molecule has 0 spiro atoms. The van der Waals surface area contributed by atoms with Gasteiger partial charge in [0.25, 0.3) is 11.8 Å². The first kappa shape index (κ1) is 26.7. The lowest BCUT2D eigenvalue weighted by molar-refractivity contribution is -0.123. The van der Waals surface area contributed by atoms with Crippen molar-refractivity contribution in [3.05, 3.63) is 54.1 Å². The van der Waals surface area contributed by atoms with Gasteiger partial charge in [-0.1, -0.05) is 0 Å². The molecule has 0 radical (unpaired) electrons. The third-order valence-electron chi connectivity index (χ3n) is 4.23. The van der Waals surface area contributed by atoms with E-state index in [9.17, 15) is 18.0 Å². The third-order valence-corrected chi connectivity index (χ3v) is 5.37. The Hall–Kier alpha value is -3.60. The fraction of sp³-hybridized carbons (Fsp3) is 0.348. The van der Waals surface area contributed by atoms with E-state index in [0.29, 0.717) is 29.4 Å². The number of hydrazone groups is 1. The van der Waals surface area contributed by atoms with E-state index in [1.807, 2.05) is 20.8 Å². The highest BCUT2D eigenvalue weighted by Crippen LogP contribution is 2.21. The number of hydrogen-bond donors (Lipinski definition) is 2. The molecule has 34 heavy (non-hydrogen) atoms. The average Bonchev–Trinajstić information content (AvgIpc) is 2.77. The summed E-state index contributed by atoms with van der Waals surface area (Å²) in [4.78, 5) is 23.9. The Labute approximate surface area is 200 Å². The molecule has 0 unspecified atom stereocenters. The first-order valence-electron chi connectivity index (χ1n) is 10.6. The summed E-state index contributed by atoms with van der Waals surface area (Å²) in [6.07, 6.45) is 2.44. The fourth-order valence-corrected chi connectivity index (χ4v) is 3.64. The van der Waals surface area contributed by atoms with Crippen LogP contribution in [0.3, 0.4) is 0 Å². The number of sulfonamides is 1. The highest BCUT2D eigenvalue weighted by molar-refractivity contribution is 7.92. The number of carbonyl (C=O) groups excluding carboxylic acids is 2. The summed E-state index contributed by atoms with van der Waals surface area (Å²) in [5.41, 5.74) is 3.33. The smallest absolute Gasteiger partial charge is 0.260 e. The molecule has 0 aliphatic carbocycles. The number of anilines is 1. The lowest BCUT2D eigenvalue weighted by Crippen LogP contribution is -2.39. The number of nitrogens with zero attached hydrogens (tertiary/aromatic N) is 2. The normalized spacial score (nSPS) is 11.3. The van der Waals surface area contributed by atoms with Crippen LogP contribution in [0.15, 0.2) is 53.6 Å². The van der Waals surface area contributed by atoms with Crippen LogP contribution < -0.4 is 24.5 Å². The van der Waals surface area contributed by atoms with Crippen LogP contribution in [0, 0.1) is 0 Å². The van der Waals surface area contributed by atoms with Crippen molar-refractivity contribution in [2.75, 3.05) is 30.3 Å². The molecule has 11 heteroatoms. The molecule has 10 nitrogen and oxygen atoms in total. The second-order valence-corrected chi connectivity index (χ2v) is 9.48. The zero-order valence-corrected chi connectivity index (χ0v) is 20.5. The SMILES string of the molecule is CCOc1ccc(N(CC(=O)N/N=C\c2ccc(OCC(=O)NC(C)C)cc2)S(C)(=O)=O)cc1. The van der Waals surface area contributed by atoms with Crippen LogP contribution in [-0.4, -0.2) is 58.5 Å². The lowest BCUT2D eigenvalue weighted by Gasteiger charge is -2.21. The second-order valence-electron chi connectivity index (χ2n) is 7.57. The molecular formula is C23H30N4O6S. The van der Waals surface area contributed by atoms with E-state index in [-0.39, 0.29) is 18.6 Å². The molecule has 2 amide bonds.